The minimum atomic E-state index is -3.66. The number of nitrogens with one attached hydrogen (secondary N) is 2. The van der Waals surface area contributed by atoms with Gasteiger partial charge in [0, 0.05) is 11.5 Å². The van der Waals surface area contributed by atoms with Crippen LogP contribution in [0.25, 0.3) is 0 Å². The highest BCUT2D eigenvalue weighted by Crippen LogP contribution is 2.36. The van der Waals surface area contributed by atoms with Gasteiger partial charge in [-0.05, 0) is 18.2 Å². The summed E-state index contributed by atoms with van der Waals surface area (Å²) < 4.78 is 31.2. The highest BCUT2D eigenvalue weighted by molar-refractivity contribution is 7.92. The fourth-order valence-corrected chi connectivity index (χ4v) is 2.85. The van der Waals surface area contributed by atoms with Crippen molar-refractivity contribution in [3.8, 4) is 17.2 Å². The Kier molecular flexibility index (Phi) is 6.53. The molecular weight excluding hydrogens is 396 g/mol. The van der Waals surface area contributed by atoms with Crippen LogP contribution in [-0.4, -0.2) is 38.0 Å². The van der Waals surface area contributed by atoms with E-state index in [1.165, 1.54) is 6.07 Å². The topological polar surface area (TPSA) is 122 Å². The molecule has 0 fully saturated rings. The van der Waals surface area contributed by atoms with Crippen molar-refractivity contribution in [3.05, 3.63) is 48.0 Å². The third-order valence-electron chi connectivity index (χ3n) is 3.76. The van der Waals surface area contributed by atoms with Crippen molar-refractivity contribution >= 4 is 27.4 Å². The number of rotatable bonds is 7. The zero-order chi connectivity index (χ0) is 21.8. The first-order valence-corrected chi connectivity index (χ1v) is 10.6. The van der Waals surface area contributed by atoms with Gasteiger partial charge in [0.1, 0.15) is 11.5 Å². The molecular formula is C20H24N2O6S. The van der Waals surface area contributed by atoms with E-state index in [9.17, 15) is 23.1 Å². The number of amides is 1. The number of Topliss-reactive ketones (excluding diaryl/α,β-unsaturated/α-hetero) is 1. The van der Waals surface area contributed by atoms with Crippen LogP contribution in [0.3, 0.4) is 0 Å². The Morgan fingerprint density at radius 3 is 2.28 bits per heavy atom. The molecule has 2 aromatic carbocycles. The summed E-state index contributed by atoms with van der Waals surface area (Å²) in [6.07, 6.45) is 0.956. The Bertz CT molecular complexity index is 1010. The summed E-state index contributed by atoms with van der Waals surface area (Å²) in [7, 11) is -3.66. The highest BCUT2D eigenvalue weighted by Gasteiger charge is 2.23. The molecule has 0 bridgehead atoms. The second-order valence-electron chi connectivity index (χ2n) is 7.51. The summed E-state index contributed by atoms with van der Waals surface area (Å²) in [5.74, 6) is -0.865. The lowest BCUT2D eigenvalue weighted by Crippen LogP contribution is -2.37. The third-order valence-corrected chi connectivity index (χ3v) is 4.35. The van der Waals surface area contributed by atoms with Crippen LogP contribution in [0.1, 0.15) is 31.1 Å². The summed E-state index contributed by atoms with van der Waals surface area (Å²) in [5.41, 5.74) is -0.805. The first-order chi connectivity index (χ1) is 13.4. The van der Waals surface area contributed by atoms with Gasteiger partial charge in [0.25, 0.3) is 0 Å². The molecule has 0 unspecified atom stereocenters. The average molecular weight is 420 g/mol. The number of carbonyl (C=O) groups is 2. The Morgan fingerprint density at radius 1 is 1.10 bits per heavy atom. The third kappa shape index (κ3) is 6.49. The van der Waals surface area contributed by atoms with Crippen molar-refractivity contribution in [1.29, 1.82) is 0 Å². The van der Waals surface area contributed by atoms with Gasteiger partial charge in [0.15, 0.2) is 11.5 Å². The Balaban J connectivity index is 2.36. The number of carbonyl (C=O) groups excluding carboxylic acids is 2. The van der Waals surface area contributed by atoms with Crippen molar-refractivity contribution in [1.82, 2.24) is 5.32 Å². The average Bonchev–Trinajstić information content (AvgIpc) is 2.60. The molecule has 156 valence electrons. The van der Waals surface area contributed by atoms with E-state index in [1.807, 2.05) is 0 Å². The summed E-state index contributed by atoms with van der Waals surface area (Å²) in [6.45, 7) is 4.80. The van der Waals surface area contributed by atoms with E-state index in [1.54, 1.807) is 51.1 Å². The summed E-state index contributed by atoms with van der Waals surface area (Å²) >= 11 is 0. The lowest BCUT2D eigenvalue weighted by atomic mass is 9.95. The quantitative estimate of drug-likeness (QED) is 0.592. The number of anilines is 1. The van der Waals surface area contributed by atoms with Crippen LogP contribution < -0.4 is 14.8 Å². The lowest BCUT2D eigenvalue weighted by Gasteiger charge is -2.18. The van der Waals surface area contributed by atoms with Crippen LogP contribution in [0.2, 0.25) is 0 Å². The van der Waals surface area contributed by atoms with Crippen molar-refractivity contribution in [2.24, 2.45) is 5.41 Å². The number of ketones is 1. The second kappa shape index (κ2) is 8.52. The van der Waals surface area contributed by atoms with Gasteiger partial charge in [0.2, 0.25) is 15.9 Å². The van der Waals surface area contributed by atoms with Gasteiger partial charge in [-0.15, -0.1) is 0 Å². The summed E-state index contributed by atoms with van der Waals surface area (Å²) in [5, 5.41) is 12.8. The maximum atomic E-state index is 12.5. The normalized spacial score (nSPS) is 11.6. The number of sulfonamides is 1. The summed E-state index contributed by atoms with van der Waals surface area (Å²) in [6, 6.07) is 10.9. The minimum absolute atomic E-state index is 0.0240. The number of para-hydroxylation sites is 1. The van der Waals surface area contributed by atoms with Gasteiger partial charge in [-0.2, -0.15) is 0 Å². The van der Waals surface area contributed by atoms with Crippen LogP contribution in [0.15, 0.2) is 42.5 Å². The number of hydrogen-bond acceptors (Lipinski definition) is 6. The zero-order valence-electron chi connectivity index (χ0n) is 16.6. The standard InChI is InChI=1S/C20H24N2O6S/c1-20(2,3)19(25)21-12-17(24)14-10-18(28-13-8-6-5-7-9-13)15(11-16(14)23)22-29(4,26)27/h5-11,22-23H,12H2,1-4H3,(H,21,25). The van der Waals surface area contributed by atoms with Gasteiger partial charge in [-0.1, -0.05) is 39.0 Å². The Morgan fingerprint density at radius 2 is 1.72 bits per heavy atom. The zero-order valence-corrected chi connectivity index (χ0v) is 17.5. The molecule has 29 heavy (non-hydrogen) atoms. The molecule has 0 atom stereocenters. The predicted octanol–water partition coefficient (Wildman–Crippen LogP) is 2.90. The molecule has 0 radical (unpaired) electrons. The van der Waals surface area contributed by atoms with E-state index in [2.05, 4.69) is 10.0 Å². The fraction of sp³-hybridized carbons (Fsp3) is 0.300. The van der Waals surface area contributed by atoms with E-state index < -0.39 is 27.0 Å². The van der Waals surface area contributed by atoms with E-state index >= 15 is 0 Å². The number of ether oxygens (including phenoxy) is 1. The number of phenols is 1. The first-order valence-electron chi connectivity index (χ1n) is 8.76. The van der Waals surface area contributed by atoms with Crippen molar-refractivity contribution < 1.29 is 27.9 Å². The van der Waals surface area contributed by atoms with Crippen molar-refractivity contribution in [3.63, 3.8) is 0 Å². The van der Waals surface area contributed by atoms with E-state index in [0.717, 1.165) is 12.3 Å². The molecule has 2 aromatic rings. The van der Waals surface area contributed by atoms with Crippen molar-refractivity contribution in [2.75, 3.05) is 17.5 Å². The largest absolute Gasteiger partial charge is 0.507 e. The molecule has 9 heteroatoms. The van der Waals surface area contributed by atoms with Crippen molar-refractivity contribution in [2.45, 2.75) is 20.8 Å². The smallest absolute Gasteiger partial charge is 0.229 e. The minimum Gasteiger partial charge on any atom is -0.507 e. The molecule has 0 heterocycles. The Labute approximate surface area is 169 Å². The second-order valence-corrected chi connectivity index (χ2v) is 9.26. The number of hydrogen-bond donors (Lipinski definition) is 3. The van der Waals surface area contributed by atoms with Crippen LogP contribution in [0.4, 0.5) is 5.69 Å². The molecule has 0 saturated carbocycles. The van der Waals surface area contributed by atoms with Gasteiger partial charge in [-0.3, -0.25) is 14.3 Å². The van der Waals surface area contributed by atoms with Gasteiger partial charge in [0.05, 0.1) is 24.1 Å². The van der Waals surface area contributed by atoms with Crippen LogP contribution in [-0.2, 0) is 14.8 Å². The van der Waals surface area contributed by atoms with E-state index in [4.69, 9.17) is 4.74 Å². The van der Waals surface area contributed by atoms with Crippen LogP contribution in [0, 0.1) is 5.41 Å². The molecule has 0 aliphatic rings. The van der Waals surface area contributed by atoms with E-state index in [0.29, 0.717) is 5.75 Å². The molecule has 0 aliphatic heterocycles. The molecule has 0 aromatic heterocycles. The number of phenolic OH excluding ortho intramolecular Hbond substituents is 1. The monoisotopic (exact) mass is 420 g/mol. The highest BCUT2D eigenvalue weighted by atomic mass is 32.2. The maximum Gasteiger partial charge on any atom is 0.229 e. The fourth-order valence-electron chi connectivity index (χ4n) is 2.29. The first kappa shape index (κ1) is 22.2. The van der Waals surface area contributed by atoms with Gasteiger partial charge >= 0.3 is 0 Å². The molecule has 0 spiro atoms. The van der Waals surface area contributed by atoms with E-state index in [-0.39, 0.29) is 29.5 Å². The molecule has 0 saturated heterocycles. The predicted molar refractivity (Wildman–Crippen MR) is 110 cm³/mol. The van der Waals surface area contributed by atoms with Crippen LogP contribution >= 0.6 is 0 Å². The number of benzene rings is 2. The van der Waals surface area contributed by atoms with Crippen LogP contribution in [0.5, 0.6) is 17.2 Å². The van der Waals surface area contributed by atoms with Gasteiger partial charge in [-0.25, -0.2) is 8.42 Å². The molecule has 8 nitrogen and oxygen atoms in total. The molecule has 1 amide bonds. The molecule has 0 aliphatic carbocycles. The SMILES string of the molecule is CC(C)(C)C(=O)NCC(=O)c1cc(Oc2ccccc2)c(NS(C)(=O)=O)cc1O. The molecule has 2 rings (SSSR count). The number of aromatic hydroxyl groups is 1. The Hall–Kier alpha value is -3.07. The molecule has 3 N–H and O–H groups in total. The maximum absolute atomic E-state index is 12.5. The summed E-state index contributed by atoms with van der Waals surface area (Å²) in [4.78, 5) is 24.5. The lowest BCUT2D eigenvalue weighted by molar-refractivity contribution is -0.128. The van der Waals surface area contributed by atoms with Gasteiger partial charge < -0.3 is 15.2 Å².